The Morgan fingerprint density at radius 1 is 1.43 bits per heavy atom. The molecule has 0 aromatic carbocycles. The van der Waals surface area contributed by atoms with Gasteiger partial charge in [0.1, 0.15) is 0 Å². The van der Waals surface area contributed by atoms with Crippen molar-refractivity contribution in [3.63, 3.8) is 0 Å². The lowest BCUT2D eigenvalue weighted by atomic mass is 10.2. The monoisotopic (exact) mass is 334 g/mol. The molecule has 2 aromatic heterocycles. The average molecular weight is 334 g/mol. The summed E-state index contributed by atoms with van der Waals surface area (Å²) in [5.41, 5.74) is 0. The Bertz CT molecular complexity index is 589. The summed E-state index contributed by atoms with van der Waals surface area (Å²) in [5, 5.41) is 12.1. The first kappa shape index (κ1) is 17.5. The lowest BCUT2D eigenvalue weighted by Gasteiger charge is -2.16. The second kappa shape index (κ2) is 9.29. The van der Waals surface area contributed by atoms with Crippen molar-refractivity contribution < 1.29 is 0 Å². The van der Waals surface area contributed by atoms with Crippen molar-refractivity contribution in [1.29, 1.82) is 0 Å². The molecule has 0 spiro atoms. The van der Waals surface area contributed by atoms with E-state index in [0.717, 1.165) is 38.4 Å². The standard InChI is InChI=1S/C16H26N6S/c1-4-14-11-19-15(23-14)6-8-18-16(17-3)20-10-13(2)12-22-9-5-7-21-22/h5,7,9,11,13H,4,6,8,10,12H2,1-3H3,(H2,17,18,20). The van der Waals surface area contributed by atoms with Crippen LogP contribution >= 0.6 is 11.3 Å². The number of hydrogen-bond donors (Lipinski definition) is 2. The molecule has 0 saturated carbocycles. The minimum atomic E-state index is 0.472. The zero-order valence-electron chi connectivity index (χ0n) is 14.1. The molecule has 2 heterocycles. The zero-order valence-corrected chi connectivity index (χ0v) is 14.9. The summed E-state index contributed by atoms with van der Waals surface area (Å²) in [6, 6.07) is 1.95. The molecule has 7 heteroatoms. The van der Waals surface area contributed by atoms with Crippen molar-refractivity contribution in [3.05, 3.63) is 34.5 Å². The number of aliphatic imine (C=N–C) groups is 1. The third-order valence-corrected chi connectivity index (χ3v) is 4.68. The molecule has 23 heavy (non-hydrogen) atoms. The van der Waals surface area contributed by atoms with E-state index in [1.807, 2.05) is 29.3 Å². The molecule has 0 aliphatic rings. The number of aryl methyl sites for hydroxylation is 1. The highest BCUT2D eigenvalue weighted by molar-refractivity contribution is 7.11. The topological polar surface area (TPSA) is 67.1 Å². The van der Waals surface area contributed by atoms with E-state index < -0.39 is 0 Å². The Morgan fingerprint density at radius 2 is 2.30 bits per heavy atom. The molecule has 1 atom stereocenters. The van der Waals surface area contributed by atoms with E-state index >= 15 is 0 Å². The van der Waals surface area contributed by atoms with Gasteiger partial charge in [-0.05, 0) is 18.4 Å². The Hall–Kier alpha value is -1.89. The van der Waals surface area contributed by atoms with Gasteiger partial charge in [0.15, 0.2) is 5.96 Å². The Labute approximate surface area is 142 Å². The first-order chi connectivity index (χ1) is 11.2. The smallest absolute Gasteiger partial charge is 0.191 e. The molecule has 0 amide bonds. The van der Waals surface area contributed by atoms with Gasteiger partial charge in [-0.15, -0.1) is 11.3 Å². The SMILES string of the molecule is CCc1cnc(CCNC(=NC)NCC(C)Cn2cccn2)s1. The summed E-state index contributed by atoms with van der Waals surface area (Å²) < 4.78 is 1.95. The zero-order chi connectivity index (χ0) is 16.5. The predicted octanol–water partition coefficient (Wildman–Crippen LogP) is 1.95. The lowest BCUT2D eigenvalue weighted by Crippen LogP contribution is -2.40. The second-order valence-electron chi connectivity index (χ2n) is 5.54. The fourth-order valence-electron chi connectivity index (χ4n) is 2.20. The molecule has 2 aromatic rings. The number of aromatic nitrogens is 3. The summed E-state index contributed by atoms with van der Waals surface area (Å²) in [7, 11) is 1.80. The van der Waals surface area contributed by atoms with Gasteiger partial charge in [0.05, 0.1) is 5.01 Å². The van der Waals surface area contributed by atoms with Crippen LogP contribution in [0.1, 0.15) is 23.7 Å². The van der Waals surface area contributed by atoms with Gasteiger partial charge < -0.3 is 10.6 Å². The number of nitrogens with zero attached hydrogens (tertiary/aromatic N) is 4. The van der Waals surface area contributed by atoms with Crippen LogP contribution in [0.4, 0.5) is 0 Å². The number of nitrogens with one attached hydrogen (secondary N) is 2. The van der Waals surface area contributed by atoms with Crippen LogP contribution in [0.2, 0.25) is 0 Å². The van der Waals surface area contributed by atoms with Crippen LogP contribution in [-0.4, -0.2) is 40.9 Å². The van der Waals surface area contributed by atoms with Crippen molar-refractivity contribution >= 4 is 17.3 Å². The first-order valence-corrected chi connectivity index (χ1v) is 8.88. The summed E-state index contributed by atoms with van der Waals surface area (Å²) >= 11 is 1.79. The molecule has 0 bridgehead atoms. The maximum Gasteiger partial charge on any atom is 0.191 e. The van der Waals surface area contributed by atoms with E-state index in [4.69, 9.17) is 0 Å². The molecule has 2 N–H and O–H groups in total. The van der Waals surface area contributed by atoms with Crippen LogP contribution < -0.4 is 10.6 Å². The Kier molecular flexibility index (Phi) is 7.06. The molecule has 0 aliphatic carbocycles. The molecular formula is C16H26N6S. The molecule has 0 radical (unpaired) electrons. The van der Waals surface area contributed by atoms with Gasteiger partial charge in [-0.25, -0.2) is 4.98 Å². The highest BCUT2D eigenvalue weighted by Crippen LogP contribution is 2.13. The highest BCUT2D eigenvalue weighted by atomic mass is 32.1. The fraction of sp³-hybridized carbons (Fsp3) is 0.562. The number of guanidine groups is 1. The largest absolute Gasteiger partial charge is 0.356 e. The van der Waals surface area contributed by atoms with E-state index in [1.54, 1.807) is 18.4 Å². The average Bonchev–Trinajstić information content (AvgIpc) is 3.22. The van der Waals surface area contributed by atoms with Crippen molar-refractivity contribution in [3.8, 4) is 0 Å². The van der Waals surface area contributed by atoms with E-state index in [1.165, 1.54) is 9.88 Å². The van der Waals surface area contributed by atoms with E-state index in [2.05, 4.69) is 39.6 Å². The molecule has 126 valence electrons. The summed E-state index contributed by atoms with van der Waals surface area (Å²) in [5.74, 6) is 1.31. The van der Waals surface area contributed by atoms with Crippen LogP contribution in [0.5, 0.6) is 0 Å². The molecule has 2 rings (SSSR count). The second-order valence-corrected chi connectivity index (χ2v) is 6.74. The first-order valence-electron chi connectivity index (χ1n) is 8.06. The molecule has 1 unspecified atom stereocenters. The normalized spacial score (nSPS) is 13.1. The summed E-state index contributed by atoms with van der Waals surface area (Å²) in [6.45, 7) is 6.95. The van der Waals surface area contributed by atoms with Gasteiger partial charge in [-0.2, -0.15) is 5.10 Å². The van der Waals surface area contributed by atoms with Crippen LogP contribution in [0.3, 0.4) is 0 Å². The molecule has 0 aliphatic heterocycles. The lowest BCUT2D eigenvalue weighted by molar-refractivity contribution is 0.443. The van der Waals surface area contributed by atoms with Gasteiger partial charge in [-0.1, -0.05) is 13.8 Å². The maximum atomic E-state index is 4.43. The van der Waals surface area contributed by atoms with E-state index in [-0.39, 0.29) is 0 Å². The predicted molar refractivity (Wildman–Crippen MR) is 96.0 cm³/mol. The van der Waals surface area contributed by atoms with Gasteiger partial charge >= 0.3 is 0 Å². The van der Waals surface area contributed by atoms with Gasteiger partial charge in [-0.3, -0.25) is 9.67 Å². The highest BCUT2D eigenvalue weighted by Gasteiger charge is 2.06. The van der Waals surface area contributed by atoms with Gasteiger partial charge in [0, 0.05) is 56.6 Å². The van der Waals surface area contributed by atoms with Crippen LogP contribution in [0.15, 0.2) is 29.6 Å². The molecule has 6 nitrogen and oxygen atoms in total. The quantitative estimate of drug-likeness (QED) is 0.572. The minimum absolute atomic E-state index is 0.472. The van der Waals surface area contributed by atoms with Crippen molar-refractivity contribution in [2.75, 3.05) is 20.1 Å². The Balaban J connectivity index is 1.66. The number of rotatable bonds is 8. The number of thiazole rings is 1. The van der Waals surface area contributed by atoms with Crippen molar-refractivity contribution in [2.24, 2.45) is 10.9 Å². The molecular weight excluding hydrogens is 308 g/mol. The van der Waals surface area contributed by atoms with E-state index in [9.17, 15) is 0 Å². The molecule has 0 fully saturated rings. The fourth-order valence-corrected chi connectivity index (χ4v) is 3.06. The summed E-state index contributed by atoms with van der Waals surface area (Å²) in [6.07, 6.45) is 7.76. The van der Waals surface area contributed by atoms with Crippen molar-refractivity contribution in [2.45, 2.75) is 33.2 Å². The number of hydrogen-bond acceptors (Lipinski definition) is 4. The van der Waals surface area contributed by atoms with Crippen LogP contribution in [-0.2, 0) is 19.4 Å². The van der Waals surface area contributed by atoms with Crippen molar-refractivity contribution in [1.82, 2.24) is 25.4 Å². The van der Waals surface area contributed by atoms with Gasteiger partial charge in [0.2, 0.25) is 0 Å². The minimum Gasteiger partial charge on any atom is -0.356 e. The molecule has 0 saturated heterocycles. The van der Waals surface area contributed by atoms with Gasteiger partial charge in [0.25, 0.3) is 0 Å². The maximum absolute atomic E-state index is 4.43. The van der Waals surface area contributed by atoms with E-state index in [0.29, 0.717) is 5.92 Å². The summed E-state index contributed by atoms with van der Waals surface area (Å²) in [4.78, 5) is 10.0. The third kappa shape index (κ3) is 6.02. The van der Waals surface area contributed by atoms with Crippen LogP contribution in [0.25, 0.3) is 0 Å². The Morgan fingerprint density at radius 3 is 2.96 bits per heavy atom. The van der Waals surface area contributed by atoms with Crippen LogP contribution in [0, 0.1) is 5.92 Å². The third-order valence-electron chi connectivity index (χ3n) is 3.48.